The maximum atomic E-state index is 12.4. The van der Waals surface area contributed by atoms with Crippen LogP contribution in [0.2, 0.25) is 0 Å². The molecule has 3 heterocycles. The van der Waals surface area contributed by atoms with Crippen molar-refractivity contribution in [3.05, 3.63) is 11.6 Å². The molecular formula is C32H52O15. The van der Waals surface area contributed by atoms with Crippen LogP contribution in [0.3, 0.4) is 0 Å². The van der Waals surface area contributed by atoms with Gasteiger partial charge in [0, 0.05) is 24.3 Å². The molecule has 0 bridgehead atoms. The second kappa shape index (κ2) is 18.5. The second-order valence-corrected chi connectivity index (χ2v) is 13.1. The number of carboxylic acids is 2. The van der Waals surface area contributed by atoms with Gasteiger partial charge in [-0.3, -0.25) is 4.79 Å². The van der Waals surface area contributed by atoms with Gasteiger partial charge in [0.1, 0.15) is 24.4 Å². The molecule has 7 N–H and O–H groups in total. The molecule has 3 aliphatic heterocycles. The van der Waals surface area contributed by atoms with Gasteiger partial charge < -0.3 is 59.4 Å². The van der Waals surface area contributed by atoms with Crippen molar-refractivity contribution in [1.29, 1.82) is 0 Å². The molecule has 0 radical (unpaired) electrons. The molecule has 0 aromatic carbocycles. The number of hydrogen-bond acceptors (Lipinski definition) is 13. The van der Waals surface area contributed by atoms with Crippen LogP contribution in [0.15, 0.2) is 11.6 Å². The Balaban J connectivity index is 1.58. The summed E-state index contributed by atoms with van der Waals surface area (Å²) in [5.74, 6) is -3.58. The van der Waals surface area contributed by atoms with Gasteiger partial charge in [-0.05, 0) is 39.5 Å². The summed E-state index contributed by atoms with van der Waals surface area (Å²) in [7, 11) is 0. The van der Waals surface area contributed by atoms with Gasteiger partial charge in [-0.2, -0.15) is 0 Å². The molecule has 15 heteroatoms. The number of epoxide rings is 1. The highest BCUT2D eigenvalue weighted by Gasteiger charge is 2.53. The van der Waals surface area contributed by atoms with Crippen LogP contribution < -0.4 is 0 Å². The van der Waals surface area contributed by atoms with Gasteiger partial charge in [0.2, 0.25) is 0 Å². The lowest BCUT2D eigenvalue weighted by Gasteiger charge is -2.45. The summed E-state index contributed by atoms with van der Waals surface area (Å²) in [5, 5.41) is 70.4. The van der Waals surface area contributed by atoms with Gasteiger partial charge in [0.25, 0.3) is 0 Å². The fraction of sp³-hybridized carbons (Fsp3) is 0.844. The van der Waals surface area contributed by atoms with E-state index in [0.717, 1.165) is 25.7 Å². The van der Waals surface area contributed by atoms with E-state index in [4.69, 9.17) is 28.8 Å². The first kappa shape index (κ1) is 39.2. The predicted molar refractivity (Wildman–Crippen MR) is 162 cm³/mol. The zero-order valence-electron chi connectivity index (χ0n) is 27.3. The molecule has 13 atom stereocenters. The van der Waals surface area contributed by atoms with Crippen molar-refractivity contribution in [3.63, 3.8) is 0 Å². The second-order valence-electron chi connectivity index (χ2n) is 13.1. The smallest absolute Gasteiger partial charge is 0.335 e. The van der Waals surface area contributed by atoms with Crippen LogP contribution in [0.1, 0.15) is 78.6 Å². The first-order chi connectivity index (χ1) is 22.2. The quantitative estimate of drug-likeness (QED) is 0.0427. The van der Waals surface area contributed by atoms with E-state index in [1.165, 1.54) is 6.08 Å². The average Bonchev–Trinajstić information content (AvgIpc) is 3.77. The zero-order valence-corrected chi connectivity index (χ0v) is 27.3. The lowest BCUT2D eigenvalue weighted by molar-refractivity contribution is -0.325. The standard InChI is InChI=1S/C32H52O15/c1-16(13-23(36)43-11-9-7-5-4-6-8-10-22(34)35)12-20-24(37)29(19(15-44-20)14-21-28(45-21)17(2)18(3)33)46-32-27(40)25(38)26(39)30(47-32)31(41)42/h13,17-21,24-30,32-33,37-40H,4-12,14-15H2,1-3H3,(H,34,35)(H,41,42)/b16-13+/t17-,18-,19-,20-,21-,24-,25?,26?,27?,28-,29+,30?,32?/m0/s1. The van der Waals surface area contributed by atoms with Crippen LogP contribution in [0, 0.1) is 11.8 Å². The summed E-state index contributed by atoms with van der Waals surface area (Å²) in [6.07, 6.45) is -6.78. The number of ether oxygens (including phenoxy) is 5. The molecule has 15 nitrogen and oxygen atoms in total. The maximum absolute atomic E-state index is 12.4. The Morgan fingerprint density at radius 3 is 2.17 bits per heavy atom. The van der Waals surface area contributed by atoms with Gasteiger partial charge in [-0.25, -0.2) is 9.59 Å². The molecule has 3 aliphatic rings. The van der Waals surface area contributed by atoms with Crippen molar-refractivity contribution in [3.8, 4) is 0 Å². The van der Waals surface area contributed by atoms with Crippen molar-refractivity contribution in [2.24, 2.45) is 11.8 Å². The lowest BCUT2D eigenvalue weighted by Crippen LogP contribution is -2.62. The molecule has 0 saturated carbocycles. The summed E-state index contributed by atoms with van der Waals surface area (Å²) in [4.78, 5) is 34.6. The number of carbonyl (C=O) groups excluding carboxylic acids is 1. The highest BCUT2D eigenvalue weighted by atomic mass is 16.7. The minimum Gasteiger partial charge on any atom is -0.481 e. The van der Waals surface area contributed by atoms with Crippen LogP contribution in [0.4, 0.5) is 0 Å². The number of carbonyl (C=O) groups is 3. The number of unbranched alkanes of at least 4 members (excludes halogenated alkanes) is 5. The van der Waals surface area contributed by atoms with Gasteiger partial charge in [-0.1, -0.05) is 38.2 Å². The van der Waals surface area contributed by atoms with Crippen molar-refractivity contribution >= 4 is 17.9 Å². The third-order valence-corrected chi connectivity index (χ3v) is 9.16. The topological polar surface area (TPSA) is 242 Å². The Morgan fingerprint density at radius 2 is 1.53 bits per heavy atom. The van der Waals surface area contributed by atoms with Gasteiger partial charge in [0.05, 0.1) is 43.7 Å². The number of aliphatic hydroxyl groups excluding tert-OH is 5. The van der Waals surface area contributed by atoms with Gasteiger partial charge in [0.15, 0.2) is 12.4 Å². The Hall–Kier alpha value is -2.21. The van der Waals surface area contributed by atoms with Crippen molar-refractivity contribution < 1.29 is 73.8 Å². The van der Waals surface area contributed by atoms with E-state index in [0.29, 0.717) is 24.8 Å². The summed E-state index contributed by atoms with van der Waals surface area (Å²) in [5.41, 5.74) is 0.560. The van der Waals surface area contributed by atoms with Crippen LogP contribution in [-0.4, -0.2) is 134 Å². The van der Waals surface area contributed by atoms with Crippen LogP contribution in [-0.2, 0) is 38.1 Å². The fourth-order valence-corrected chi connectivity index (χ4v) is 6.08. The fourth-order valence-electron chi connectivity index (χ4n) is 6.08. The van der Waals surface area contributed by atoms with E-state index >= 15 is 0 Å². The largest absolute Gasteiger partial charge is 0.481 e. The SMILES string of the molecule is C/C(=C\C(=O)OCCCCCCCCC(=O)O)C[C@@H]1OC[C@H](C[C@@H]2O[C@H]2[C@@H](C)[C@H](C)O)[C@@H](OC2OC(C(=O)O)C(O)C(O)C2O)[C@H]1O. The highest BCUT2D eigenvalue weighted by Crippen LogP contribution is 2.40. The maximum Gasteiger partial charge on any atom is 0.335 e. The lowest BCUT2D eigenvalue weighted by atomic mass is 9.85. The van der Waals surface area contributed by atoms with E-state index in [1.807, 2.05) is 6.92 Å². The Bertz CT molecular complexity index is 1050. The number of esters is 1. The van der Waals surface area contributed by atoms with Crippen LogP contribution in [0.5, 0.6) is 0 Å². The number of aliphatic hydroxyl groups is 5. The monoisotopic (exact) mass is 676 g/mol. The van der Waals surface area contributed by atoms with Gasteiger partial charge >= 0.3 is 17.9 Å². The zero-order chi connectivity index (χ0) is 34.8. The van der Waals surface area contributed by atoms with Crippen molar-refractivity contribution in [2.45, 2.75) is 146 Å². The van der Waals surface area contributed by atoms with E-state index in [-0.39, 0.29) is 44.2 Å². The number of rotatable bonds is 19. The minimum atomic E-state index is -1.91. The van der Waals surface area contributed by atoms with Crippen molar-refractivity contribution in [2.75, 3.05) is 13.2 Å². The number of carboxylic acid groups (broad SMARTS) is 2. The first-order valence-electron chi connectivity index (χ1n) is 16.5. The summed E-state index contributed by atoms with van der Waals surface area (Å²) in [6, 6.07) is 0. The van der Waals surface area contributed by atoms with Crippen molar-refractivity contribution in [1.82, 2.24) is 0 Å². The molecular weight excluding hydrogens is 624 g/mol. The van der Waals surface area contributed by atoms with E-state index in [2.05, 4.69) is 0 Å². The highest BCUT2D eigenvalue weighted by molar-refractivity contribution is 5.82. The van der Waals surface area contributed by atoms with Crippen LogP contribution >= 0.6 is 0 Å². The number of hydrogen-bond donors (Lipinski definition) is 7. The summed E-state index contributed by atoms with van der Waals surface area (Å²) in [6.45, 7) is 5.50. The normalized spacial score (nSPS) is 35.6. The third kappa shape index (κ3) is 11.7. The van der Waals surface area contributed by atoms with E-state index in [1.54, 1.807) is 13.8 Å². The molecule has 0 aliphatic carbocycles. The molecule has 47 heavy (non-hydrogen) atoms. The third-order valence-electron chi connectivity index (χ3n) is 9.16. The Kier molecular flexibility index (Phi) is 15.5. The molecule has 3 saturated heterocycles. The molecule has 3 fully saturated rings. The van der Waals surface area contributed by atoms with E-state index in [9.17, 15) is 45.0 Å². The molecule has 0 aromatic rings. The van der Waals surface area contributed by atoms with Gasteiger partial charge in [-0.15, -0.1) is 0 Å². The minimum absolute atomic E-state index is 0.0758. The molecule has 270 valence electrons. The molecule has 3 rings (SSSR count). The molecule has 0 amide bonds. The van der Waals surface area contributed by atoms with Crippen LogP contribution in [0.25, 0.3) is 0 Å². The molecule has 0 spiro atoms. The van der Waals surface area contributed by atoms with E-state index < -0.39 is 78.9 Å². The summed E-state index contributed by atoms with van der Waals surface area (Å²) < 4.78 is 28.3. The Labute approximate surface area is 274 Å². The average molecular weight is 677 g/mol. The summed E-state index contributed by atoms with van der Waals surface area (Å²) >= 11 is 0. The number of aliphatic carboxylic acids is 2. The predicted octanol–water partition coefficient (Wildman–Crippen LogP) is 0.509. The first-order valence-corrected chi connectivity index (χ1v) is 16.5. The Morgan fingerprint density at radius 1 is 0.872 bits per heavy atom. The molecule has 5 unspecified atom stereocenters. The molecule has 0 aromatic heterocycles.